The molecule has 0 radical (unpaired) electrons. The molecule has 1 atom stereocenters. The SMILES string of the molecule is CCC(CNC(=NC)NCc1ccc(C(N)=O)o1)Cc1cccc(Br)c1. The molecule has 140 valence electrons. The third-order valence-electron chi connectivity index (χ3n) is 4.11. The Balaban J connectivity index is 1.83. The third kappa shape index (κ3) is 6.22. The van der Waals surface area contributed by atoms with Crippen LogP contribution in [0.15, 0.2) is 50.3 Å². The monoisotopic (exact) mass is 420 g/mol. The Bertz CT molecular complexity index is 758. The number of primary amides is 1. The fourth-order valence-electron chi connectivity index (χ4n) is 2.60. The number of furan rings is 1. The van der Waals surface area contributed by atoms with E-state index in [0.717, 1.165) is 23.9 Å². The van der Waals surface area contributed by atoms with Crippen LogP contribution >= 0.6 is 15.9 Å². The number of carbonyl (C=O) groups is 1. The first kappa shape index (κ1) is 20.0. The van der Waals surface area contributed by atoms with Gasteiger partial charge in [0, 0.05) is 18.1 Å². The Labute approximate surface area is 162 Å². The molecule has 7 heteroatoms. The Hall–Kier alpha value is -2.28. The normalized spacial score (nSPS) is 12.7. The van der Waals surface area contributed by atoms with Crippen molar-refractivity contribution < 1.29 is 9.21 Å². The van der Waals surface area contributed by atoms with E-state index >= 15 is 0 Å². The van der Waals surface area contributed by atoms with E-state index in [1.807, 2.05) is 6.07 Å². The van der Waals surface area contributed by atoms with E-state index in [1.165, 1.54) is 5.56 Å². The molecule has 2 rings (SSSR count). The maximum atomic E-state index is 11.1. The molecule has 6 nitrogen and oxygen atoms in total. The van der Waals surface area contributed by atoms with Crippen molar-refractivity contribution in [3.05, 3.63) is 58.0 Å². The molecular weight excluding hydrogens is 396 g/mol. The molecule has 1 unspecified atom stereocenters. The summed E-state index contributed by atoms with van der Waals surface area (Å²) in [6, 6.07) is 11.7. The number of hydrogen-bond donors (Lipinski definition) is 3. The van der Waals surface area contributed by atoms with E-state index in [2.05, 4.69) is 56.7 Å². The Kier molecular flexibility index (Phi) is 7.72. The molecule has 1 aromatic carbocycles. The average Bonchev–Trinajstić information content (AvgIpc) is 3.10. The van der Waals surface area contributed by atoms with E-state index in [9.17, 15) is 4.79 Å². The lowest BCUT2D eigenvalue weighted by Gasteiger charge is -2.18. The summed E-state index contributed by atoms with van der Waals surface area (Å²) in [7, 11) is 1.72. The van der Waals surface area contributed by atoms with E-state index in [0.29, 0.717) is 24.2 Å². The summed E-state index contributed by atoms with van der Waals surface area (Å²) in [5, 5.41) is 6.52. The topological polar surface area (TPSA) is 92.6 Å². The fraction of sp³-hybridized carbons (Fsp3) is 0.368. The molecule has 1 heterocycles. The van der Waals surface area contributed by atoms with Gasteiger partial charge in [-0.3, -0.25) is 9.79 Å². The maximum absolute atomic E-state index is 11.1. The van der Waals surface area contributed by atoms with Crippen LogP contribution in [0.5, 0.6) is 0 Å². The predicted molar refractivity (Wildman–Crippen MR) is 107 cm³/mol. The molecule has 2 aromatic rings. The van der Waals surface area contributed by atoms with Crippen molar-refractivity contribution in [2.24, 2.45) is 16.6 Å². The number of benzene rings is 1. The Morgan fingerprint density at radius 1 is 1.31 bits per heavy atom. The summed E-state index contributed by atoms with van der Waals surface area (Å²) in [4.78, 5) is 15.3. The minimum absolute atomic E-state index is 0.157. The number of carbonyl (C=O) groups excluding carboxylic acids is 1. The van der Waals surface area contributed by atoms with Crippen LogP contribution in [0.1, 0.15) is 35.2 Å². The Morgan fingerprint density at radius 2 is 2.12 bits per heavy atom. The highest BCUT2D eigenvalue weighted by atomic mass is 79.9. The zero-order valence-electron chi connectivity index (χ0n) is 15.1. The van der Waals surface area contributed by atoms with Crippen LogP contribution in [0, 0.1) is 5.92 Å². The first-order valence-corrected chi connectivity index (χ1v) is 9.38. The van der Waals surface area contributed by atoms with Gasteiger partial charge in [-0.25, -0.2) is 0 Å². The molecule has 0 fully saturated rings. The quantitative estimate of drug-likeness (QED) is 0.451. The zero-order chi connectivity index (χ0) is 18.9. The molecule has 0 bridgehead atoms. The molecule has 26 heavy (non-hydrogen) atoms. The van der Waals surface area contributed by atoms with Gasteiger partial charge < -0.3 is 20.8 Å². The lowest BCUT2D eigenvalue weighted by molar-refractivity contribution is 0.0972. The molecule has 4 N–H and O–H groups in total. The summed E-state index contributed by atoms with van der Waals surface area (Å²) < 4.78 is 6.45. The summed E-state index contributed by atoms with van der Waals surface area (Å²) in [6.07, 6.45) is 2.07. The molecule has 1 aromatic heterocycles. The Morgan fingerprint density at radius 3 is 2.73 bits per heavy atom. The molecule has 0 aliphatic heterocycles. The molecule has 0 saturated heterocycles. The van der Waals surface area contributed by atoms with Gasteiger partial charge in [0.1, 0.15) is 5.76 Å². The van der Waals surface area contributed by atoms with Gasteiger partial charge in [0.2, 0.25) is 0 Å². The van der Waals surface area contributed by atoms with Crippen LogP contribution in [0.3, 0.4) is 0 Å². The van der Waals surface area contributed by atoms with Gasteiger partial charge in [0.15, 0.2) is 11.7 Å². The predicted octanol–water partition coefficient (Wildman–Crippen LogP) is 3.07. The van der Waals surface area contributed by atoms with Crippen LogP contribution in [0.2, 0.25) is 0 Å². The summed E-state index contributed by atoms with van der Waals surface area (Å²) in [6.45, 7) is 3.43. The molecule has 1 amide bonds. The highest BCUT2D eigenvalue weighted by Crippen LogP contribution is 2.16. The first-order chi connectivity index (χ1) is 12.5. The van der Waals surface area contributed by atoms with Crippen molar-refractivity contribution >= 4 is 27.8 Å². The molecule has 0 saturated carbocycles. The van der Waals surface area contributed by atoms with Crippen LogP contribution in [-0.4, -0.2) is 25.5 Å². The highest BCUT2D eigenvalue weighted by Gasteiger charge is 2.10. The highest BCUT2D eigenvalue weighted by molar-refractivity contribution is 9.10. The second kappa shape index (κ2) is 10.0. The number of amides is 1. The largest absolute Gasteiger partial charge is 0.454 e. The second-order valence-electron chi connectivity index (χ2n) is 6.05. The average molecular weight is 421 g/mol. The number of nitrogens with zero attached hydrogens (tertiary/aromatic N) is 1. The molecule has 0 aliphatic rings. The van der Waals surface area contributed by atoms with Gasteiger partial charge in [-0.1, -0.05) is 41.4 Å². The number of nitrogens with one attached hydrogen (secondary N) is 2. The smallest absolute Gasteiger partial charge is 0.284 e. The van der Waals surface area contributed by atoms with E-state index in [-0.39, 0.29) is 5.76 Å². The molecule has 0 aliphatic carbocycles. The fourth-order valence-corrected chi connectivity index (χ4v) is 3.04. The van der Waals surface area contributed by atoms with Gasteiger partial charge in [-0.2, -0.15) is 0 Å². The minimum atomic E-state index is -0.572. The lowest BCUT2D eigenvalue weighted by Crippen LogP contribution is -2.39. The van der Waals surface area contributed by atoms with E-state index in [1.54, 1.807) is 19.2 Å². The number of rotatable bonds is 8. The van der Waals surface area contributed by atoms with Gasteiger partial charge in [0.05, 0.1) is 6.54 Å². The minimum Gasteiger partial charge on any atom is -0.454 e. The van der Waals surface area contributed by atoms with Crippen molar-refractivity contribution in [1.82, 2.24) is 10.6 Å². The number of aliphatic imine (C=N–C) groups is 1. The second-order valence-corrected chi connectivity index (χ2v) is 6.96. The number of halogens is 1. The number of nitrogens with two attached hydrogens (primary N) is 1. The van der Waals surface area contributed by atoms with Crippen molar-refractivity contribution in [3.8, 4) is 0 Å². The van der Waals surface area contributed by atoms with Gasteiger partial charge in [0.25, 0.3) is 5.91 Å². The summed E-state index contributed by atoms with van der Waals surface area (Å²) in [5.74, 6) is 1.40. The van der Waals surface area contributed by atoms with Crippen LogP contribution < -0.4 is 16.4 Å². The van der Waals surface area contributed by atoms with Crippen LogP contribution in [0.25, 0.3) is 0 Å². The first-order valence-electron chi connectivity index (χ1n) is 8.59. The molecular formula is C19H25BrN4O2. The summed E-state index contributed by atoms with van der Waals surface area (Å²) in [5.41, 5.74) is 6.50. The van der Waals surface area contributed by atoms with E-state index < -0.39 is 5.91 Å². The van der Waals surface area contributed by atoms with Crippen molar-refractivity contribution in [2.45, 2.75) is 26.3 Å². The van der Waals surface area contributed by atoms with Crippen LogP contribution in [-0.2, 0) is 13.0 Å². The number of hydrogen-bond acceptors (Lipinski definition) is 3. The van der Waals surface area contributed by atoms with Gasteiger partial charge in [-0.15, -0.1) is 0 Å². The summed E-state index contributed by atoms with van der Waals surface area (Å²) >= 11 is 3.52. The van der Waals surface area contributed by atoms with Gasteiger partial charge >= 0.3 is 0 Å². The maximum Gasteiger partial charge on any atom is 0.284 e. The van der Waals surface area contributed by atoms with Gasteiger partial charge in [-0.05, 0) is 42.2 Å². The van der Waals surface area contributed by atoms with Crippen LogP contribution in [0.4, 0.5) is 0 Å². The molecule has 0 spiro atoms. The van der Waals surface area contributed by atoms with Crippen molar-refractivity contribution in [3.63, 3.8) is 0 Å². The zero-order valence-corrected chi connectivity index (χ0v) is 16.7. The van der Waals surface area contributed by atoms with Crippen molar-refractivity contribution in [2.75, 3.05) is 13.6 Å². The lowest BCUT2D eigenvalue weighted by atomic mass is 9.97. The van der Waals surface area contributed by atoms with Crippen molar-refractivity contribution in [1.29, 1.82) is 0 Å². The standard InChI is InChI=1S/C19H25BrN4O2/c1-3-13(9-14-5-4-6-15(20)10-14)11-23-19(22-2)24-12-16-7-8-17(26-16)18(21)25/h4-8,10,13H,3,9,11-12H2,1-2H3,(H2,21,25)(H2,22,23,24). The number of guanidine groups is 1. The third-order valence-corrected chi connectivity index (χ3v) is 4.60. The van der Waals surface area contributed by atoms with E-state index in [4.69, 9.17) is 10.2 Å².